The number of dihydropyridines is 1. The third-order valence-electron chi connectivity index (χ3n) is 5.49. The lowest BCUT2D eigenvalue weighted by Gasteiger charge is -2.29. The molecule has 0 radical (unpaired) electrons. The lowest BCUT2D eigenvalue weighted by atomic mass is 9.79. The summed E-state index contributed by atoms with van der Waals surface area (Å²) in [5.74, 6) is 2.11. The zero-order valence-corrected chi connectivity index (χ0v) is 17.4. The number of terminal acetylenes is 1. The van der Waals surface area contributed by atoms with Gasteiger partial charge in [0.05, 0.1) is 25.5 Å². The Hall–Kier alpha value is -3.98. The van der Waals surface area contributed by atoms with E-state index in [1.54, 1.807) is 25.1 Å². The summed E-state index contributed by atoms with van der Waals surface area (Å²) in [5, 5.41) is 3.26. The van der Waals surface area contributed by atoms with Crippen LogP contribution in [0.15, 0.2) is 59.3 Å². The first kappa shape index (κ1) is 20.3. The fourth-order valence-corrected chi connectivity index (χ4v) is 4.15. The Morgan fingerprint density at radius 1 is 1.13 bits per heavy atom. The molecule has 4 rings (SSSR count). The molecule has 31 heavy (non-hydrogen) atoms. The van der Waals surface area contributed by atoms with Gasteiger partial charge in [0.25, 0.3) is 0 Å². The van der Waals surface area contributed by atoms with Crippen LogP contribution in [-0.2, 0) is 9.53 Å². The van der Waals surface area contributed by atoms with Crippen molar-refractivity contribution in [2.45, 2.75) is 12.8 Å². The summed E-state index contributed by atoms with van der Waals surface area (Å²) >= 11 is 0. The molecule has 0 bridgehead atoms. The van der Waals surface area contributed by atoms with E-state index in [1.807, 2.05) is 24.3 Å². The molecule has 1 atom stereocenters. The van der Waals surface area contributed by atoms with Gasteiger partial charge >= 0.3 is 5.97 Å². The van der Waals surface area contributed by atoms with Crippen LogP contribution in [0.1, 0.15) is 34.3 Å². The molecule has 1 aliphatic carbocycles. The highest BCUT2D eigenvalue weighted by Crippen LogP contribution is 2.47. The van der Waals surface area contributed by atoms with Gasteiger partial charge in [0.15, 0.2) is 17.3 Å². The number of hydrogen-bond acceptors (Lipinski definition) is 6. The maximum atomic E-state index is 13.4. The van der Waals surface area contributed by atoms with Crippen LogP contribution < -0.4 is 14.8 Å². The molecular weight excluding hydrogens is 394 g/mol. The third-order valence-corrected chi connectivity index (χ3v) is 5.49. The molecule has 2 aliphatic rings. The molecule has 156 valence electrons. The van der Waals surface area contributed by atoms with Gasteiger partial charge in [0.1, 0.15) is 6.61 Å². The standard InChI is InChI=1S/C25H21NO5/c1-5-12-31-18-11-10-15(13-19(18)29-3)21-20(25(28)30-4)14(2)26-23-16-8-6-7-9-17(16)24(27)22(21)23/h1,6-11,13,21,26H,12H2,2-4H3/t21-/m0/s1. The number of esters is 1. The van der Waals surface area contributed by atoms with Crippen LogP contribution >= 0.6 is 0 Å². The quantitative estimate of drug-likeness (QED) is 0.596. The first-order valence-electron chi connectivity index (χ1n) is 9.70. The average molecular weight is 415 g/mol. The monoisotopic (exact) mass is 415 g/mol. The van der Waals surface area contributed by atoms with Crippen molar-refractivity contribution in [2.75, 3.05) is 20.8 Å². The van der Waals surface area contributed by atoms with Gasteiger partial charge in [-0.2, -0.15) is 0 Å². The fourth-order valence-electron chi connectivity index (χ4n) is 4.15. The number of methoxy groups -OCH3 is 2. The van der Waals surface area contributed by atoms with Gasteiger partial charge in [-0.05, 0) is 24.6 Å². The van der Waals surface area contributed by atoms with E-state index in [4.69, 9.17) is 20.6 Å². The Balaban J connectivity index is 1.90. The van der Waals surface area contributed by atoms with E-state index in [9.17, 15) is 9.59 Å². The second-order valence-electron chi connectivity index (χ2n) is 7.15. The van der Waals surface area contributed by atoms with Crippen molar-refractivity contribution < 1.29 is 23.8 Å². The Labute approximate surface area is 180 Å². The van der Waals surface area contributed by atoms with Crippen molar-refractivity contribution in [2.24, 2.45) is 0 Å². The minimum Gasteiger partial charge on any atom is -0.493 e. The molecule has 0 amide bonds. The van der Waals surface area contributed by atoms with Crippen molar-refractivity contribution >= 4 is 17.4 Å². The van der Waals surface area contributed by atoms with Crippen molar-refractivity contribution in [3.05, 3.63) is 76.0 Å². The van der Waals surface area contributed by atoms with E-state index in [0.717, 1.165) is 5.56 Å². The fraction of sp³-hybridized carbons (Fsp3) is 0.200. The highest BCUT2D eigenvalue weighted by atomic mass is 16.5. The van der Waals surface area contributed by atoms with Gasteiger partial charge < -0.3 is 19.5 Å². The molecule has 0 unspecified atom stereocenters. The third kappa shape index (κ3) is 3.24. The van der Waals surface area contributed by atoms with E-state index < -0.39 is 11.9 Å². The largest absolute Gasteiger partial charge is 0.493 e. The number of ether oxygens (including phenoxy) is 3. The molecule has 0 saturated heterocycles. The molecule has 2 aromatic carbocycles. The number of nitrogens with one attached hydrogen (secondary N) is 1. The predicted molar refractivity (Wildman–Crippen MR) is 116 cm³/mol. The summed E-state index contributed by atoms with van der Waals surface area (Å²) < 4.78 is 16.1. The van der Waals surface area contributed by atoms with Gasteiger partial charge in [-0.15, -0.1) is 6.42 Å². The number of hydrogen-bond donors (Lipinski definition) is 1. The van der Waals surface area contributed by atoms with E-state index in [1.165, 1.54) is 14.2 Å². The van der Waals surface area contributed by atoms with Crippen LogP contribution in [0, 0.1) is 12.3 Å². The number of fused-ring (bicyclic) bond motifs is 2. The Bertz CT molecular complexity index is 1200. The molecule has 2 aromatic rings. The predicted octanol–water partition coefficient (Wildman–Crippen LogP) is 3.45. The maximum absolute atomic E-state index is 13.4. The summed E-state index contributed by atoms with van der Waals surface area (Å²) in [4.78, 5) is 26.1. The number of carbonyl (C=O) groups is 2. The molecule has 6 nitrogen and oxygen atoms in total. The lowest BCUT2D eigenvalue weighted by molar-refractivity contribution is -0.136. The number of benzene rings is 2. The highest BCUT2D eigenvalue weighted by molar-refractivity contribution is 6.23. The second kappa shape index (κ2) is 8.04. The molecule has 0 fully saturated rings. The molecule has 0 spiro atoms. The second-order valence-corrected chi connectivity index (χ2v) is 7.15. The van der Waals surface area contributed by atoms with E-state index in [0.29, 0.717) is 45.2 Å². The van der Waals surface area contributed by atoms with Crippen molar-refractivity contribution in [1.82, 2.24) is 5.32 Å². The summed E-state index contributed by atoms with van der Waals surface area (Å²) in [6, 6.07) is 12.7. The molecule has 1 N–H and O–H groups in total. The Kier molecular flexibility index (Phi) is 5.26. The molecule has 0 saturated carbocycles. The van der Waals surface area contributed by atoms with Gasteiger partial charge in [0.2, 0.25) is 0 Å². The van der Waals surface area contributed by atoms with Crippen LogP contribution in [0.3, 0.4) is 0 Å². The van der Waals surface area contributed by atoms with Crippen LogP contribution in [0.25, 0.3) is 5.70 Å². The molecule has 1 heterocycles. The number of rotatable bonds is 5. The minimum atomic E-state index is -0.626. The van der Waals surface area contributed by atoms with Gasteiger partial charge in [0, 0.05) is 28.3 Å². The Morgan fingerprint density at radius 3 is 2.55 bits per heavy atom. The van der Waals surface area contributed by atoms with Crippen molar-refractivity contribution in [1.29, 1.82) is 0 Å². The maximum Gasteiger partial charge on any atom is 0.336 e. The smallest absolute Gasteiger partial charge is 0.336 e. The van der Waals surface area contributed by atoms with Crippen LogP contribution in [0.5, 0.6) is 11.5 Å². The van der Waals surface area contributed by atoms with E-state index in [-0.39, 0.29) is 12.4 Å². The highest BCUT2D eigenvalue weighted by Gasteiger charge is 2.42. The number of ketones is 1. The van der Waals surface area contributed by atoms with Crippen LogP contribution in [-0.4, -0.2) is 32.6 Å². The van der Waals surface area contributed by atoms with Crippen LogP contribution in [0.4, 0.5) is 0 Å². The lowest BCUT2D eigenvalue weighted by Crippen LogP contribution is -2.29. The Morgan fingerprint density at radius 2 is 1.87 bits per heavy atom. The number of allylic oxidation sites excluding steroid dienone is 2. The summed E-state index contributed by atoms with van der Waals surface area (Å²) in [6.45, 7) is 1.90. The molecule has 6 heteroatoms. The average Bonchev–Trinajstić information content (AvgIpc) is 3.08. The summed E-state index contributed by atoms with van der Waals surface area (Å²) in [5.41, 5.74) is 4.35. The normalized spacial score (nSPS) is 16.8. The minimum absolute atomic E-state index is 0.0958. The summed E-state index contributed by atoms with van der Waals surface area (Å²) in [6.07, 6.45) is 5.29. The van der Waals surface area contributed by atoms with Gasteiger partial charge in [-0.25, -0.2) is 4.79 Å². The first-order chi connectivity index (χ1) is 15.0. The van der Waals surface area contributed by atoms with Crippen molar-refractivity contribution in [3.8, 4) is 23.8 Å². The van der Waals surface area contributed by atoms with Gasteiger partial charge in [-0.3, -0.25) is 4.79 Å². The zero-order valence-electron chi connectivity index (χ0n) is 17.4. The SMILES string of the molecule is C#CCOc1ccc([C@H]2C(C(=O)OC)=C(C)NC3=C2C(=O)c2ccccc23)cc1OC. The van der Waals surface area contributed by atoms with E-state index >= 15 is 0 Å². The first-order valence-corrected chi connectivity index (χ1v) is 9.70. The van der Waals surface area contributed by atoms with E-state index in [2.05, 4.69) is 11.2 Å². The van der Waals surface area contributed by atoms with Crippen molar-refractivity contribution in [3.63, 3.8) is 0 Å². The number of carbonyl (C=O) groups excluding carboxylic acids is 2. The summed E-state index contributed by atoms with van der Waals surface area (Å²) in [7, 11) is 2.85. The molecular formula is C25H21NO5. The van der Waals surface area contributed by atoms with Crippen LogP contribution in [0.2, 0.25) is 0 Å². The number of Topliss-reactive ketones (excluding diaryl/α,β-unsaturated/α-hetero) is 1. The molecule has 0 aromatic heterocycles. The zero-order chi connectivity index (χ0) is 22.1. The topological polar surface area (TPSA) is 73.9 Å². The van der Waals surface area contributed by atoms with Gasteiger partial charge in [-0.1, -0.05) is 36.3 Å². The molecule has 1 aliphatic heterocycles.